The van der Waals surface area contributed by atoms with Crippen LogP contribution in [0.3, 0.4) is 0 Å². The smallest absolute Gasteiger partial charge is 0.131 e. The van der Waals surface area contributed by atoms with Gasteiger partial charge in [-0.25, -0.2) is 0 Å². The largest absolute Gasteiger partial charge is 0.507 e. The normalized spacial score (nSPS) is 11.2. The van der Waals surface area contributed by atoms with Gasteiger partial charge in [0, 0.05) is 10.9 Å². The number of phenols is 1. The summed E-state index contributed by atoms with van der Waals surface area (Å²) in [5.74, 6) is 0.360. The lowest BCUT2D eigenvalue weighted by molar-refractivity contribution is 0.483. The fraction of sp³-hybridized carbons (Fsp3) is 0.0588. The van der Waals surface area contributed by atoms with Crippen LogP contribution in [0.1, 0.15) is 22.3 Å². The number of aromatic hydroxyl groups is 1. The Morgan fingerprint density at radius 2 is 1.00 bits per heavy atom. The standard InChI is InChI=1S/C34H26O/c35-34-30-18-10-9-17-29(30)31(21-24-11-3-1-4-12-24)32(22-25-13-5-2-6-14-25)33(34)28-20-19-26-15-7-8-16-27(26)23-28/h1-20,23,35H,21-22H2. The zero-order valence-corrected chi connectivity index (χ0v) is 19.5. The molecule has 0 spiro atoms. The van der Waals surface area contributed by atoms with Gasteiger partial charge < -0.3 is 5.11 Å². The first kappa shape index (κ1) is 21.2. The quantitative estimate of drug-likeness (QED) is 0.279. The van der Waals surface area contributed by atoms with Crippen LogP contribution in [-0.4, -0.2) is 5.11 Å². The lowest BCUT2D eigenvalue weighted by Crippen LogP contribution is -2.03. The van der Waals surface area contributed by atoms with Gasteiger partial charge in [-0.2, -0.15) is 0 Å². The van der Waals surface area contributed by atoms with Crippen molar-refractivity contribution < 1.29 is 5.11 Å². The third-order valence-corrected chi connectivity index (χ3v) is 6.90. The predicted octanol–water partition coefficient (Wildman–Crippen LogP) is 8.55. The molecule has 1 N–H and O–H groups in total. The zero-order chi connectivity index (χ0) is 23.6. The van der Waals surface area contributed by atoms with Crippen molar-refractivity contribution in [3.05, 3.63) is 150 Å². The van der Waals surface area contributed by atoms with Crippen LogP contribution < -0.4 is 0 Å². The molecule has 0 aliphatic carbocycles. The molecule has 0 saturated heterocycles. The Hall–Kier alpha value is -4.36. The van der Waals surface area contributed by atoms with Crippen molar-refractivity contribution in [1.82, 2.24) is 0 Å². The topological polar surface area (TPSA) is 20.2 Å². The van der Waals surface area contributed by atoms with Crippen LogP contribution in [-0.2, 0) is 12.8 Å². The summed E-state index contributed by atoms with van der Waals surface area (Å²) in [5, 5.41) is 16.1. The van der Waals surface area contributed by atoms with Crippen molar-refractivity contribution in [2.24, 2.45) is 0 Å². The number of hydrogen-bond donors (Lipinski definition) is 1. The lowest BCUT2D eigenvalue weighted by atomic mass is 9.83. The fourth-order valence-corrected chi connectivity index (χ4v) is 5.20. The van der Waals surface area contributed by atoms with Crippen molar-refractivity contribution in [2.75, 3.05) is 0 Å². The summed E-state index contributed by atoms with van der Waals surface area (Å²) in [6.07, 6.45) is 1.56. The minimum atomic E-state index is 0.360. The fourth-order valence-electron chi connectivity index (χ4n) is 5.20. The van der Waals surface area contributed by atoms with Crippen molar-refractivity contribution in [3.8, 4) is 16.9 Å². The Morgan fingerprint density at radius 3 is 1.69 bits per heavy atom. The van der Waals surface area contributed by atoms with Crippen LogP contribution in [0, 0.1) is 0 Å². The first-order chi connectivity index (χ1) is 17.3. The SMILES string of the molecule is Oc1c(-c2ccc3ccccc3c2)c(Cc2ccccc2)c(Cc2ccccc2)c2ccccc12. The van der Waals surface area contributed by atoms with Crippen LogP contribution in [0.25, 0.3) is 32.7 Å². The second kappa shape index (κ2) is 9.12. The minimum absolute atomic E-state index is 0.360. The summed E-state index contributed by atoms with van der Waals surface area (Å²) >= 11 is 0. The molecule has 0 aliphatic heterocycles. The van der Waals surface area contributed by atoms with Gasteiger partial charge in [-0.1, -0.05) is 121 Å². The van der Waals surface area contributed by atoms with E-state index in [2.05, 4.69) is 115 Å². The van der Waals surface area contributed by atoms with E-state index in [9.17, 15) is 5.11 Å². The molecule has 1 nitrogen and oxygen atoms in total. The molecule has 168 valence electrons. The zero-order valence-electron chi connectivity index (χ0n) is 19.5. The van der Waals surface area contributed by atoms with Gasteiger partial charge in [0.15, 0.2) is 0 Å². The number of rotatable bonds is 5. The van der Waals surface area contributed by atoms with Gasteiger partial charge in [-0.15, -0.1) is 0 Å². The maximum atomic E-state index is 11.7. The van der Waals surface area contributed by atoms with E-state index < -0.39 is 0 Å². The molecule has 6 rings (SSSR count). The van der Waals surface area contributed by atoms with E-state index in [1.165, 1.54) is 33.0 Å². The van der Waals surface area contributed by atoms with Gasteiger partial charge in [-0.3, -0.25) is 0 Å². The first-order valence-electron chi connectivity index (χ1n) is 12.1. The Morgan fingerprint density at radius 1 is 0.457 bits per heavy atom. The molecule has 0 aliphatic rings. The summed E-state index contributed by atoms with van der Waals surface area (Å²) in [6, 6.07) is 44.4. The Kier molecular flexibility index (Phi) is 5.52. The van der Waals surface area contributed by atoms with E-state index in [1.807, 2.05) is 12.1 Å². The molecule has 0 heterocycles. The molecule has 0 unspecified atom stereocenters. The highest BCUT2D eigenvalue weighted by molar-refractivity contribution is 6.01. The maximum absolute atomic E-state index is 11.7. The van der Waals surface area contributed by atoms with E-state index in [0.29, 0.717) is 5.75 Å². The van der Waals surface area contributed by atoms with Gasteiger partial charge in [-0.05, 0) is 62.9 Å². The number of benzene rings is 6. The molecule has 0 bridgehead atoms. The average molecular weight is 451 g/mol. The summed E-state index contributed by atoms with van der Waals surface area (Å²) in [5.41, 5.74) is 6.94. The summed E-state index contributed by atoms with van der Waals surface area (Å²) in [6.45, 7) is 0. The van der Waals surface area contributed by atoms with E-state index in [1.54, 1.807) is 0 Å². The maximum Gasteiger partial charge on any atom is 0.131 e. The van der Waals surface area contributed by atoms with Gasteiger partial charge in [0.05, 0.1) is 0 Å². The van der Waals surface area contributed by atoms with Crippen LogP contribution in [0.15, 0.2) is 127 Å². The van der Waals surface area contributed by atoms with Crippen LogP contribution >= 0.6 is 0 Å². The molecule has 1 heteroatoms. The molecule has 0 atom stereocenters. The highest BCUT2D eigenvalue weighted by Crippen LogP contribution is 2.44. The van der Waals surface area contributed by atoms with Gasteiger partial charge in [0.25, 0.3) is 0 Å². The highest BCUT2D eigenvalue weighted by Gasteiger charge is 2.21. The predicted molar refractivity (Wildman–Crippen MR) is 147 cm³/mol. The van der Waals surface area contributed by atoms with Crippen molar-refractivity contribution in [2.45, 2.75) is 12.8 Å². The third kappa shape index (κ3) is 4.06. The summed E-state index contributed by atoms with van der Waals surface area (Å²) < 4.78 is 0. The molecule has 0 saturated carbocycles. The minimum Gasteiger partial charge on any atom is -0.507 e. The first-order valence-corrected chi connectivity index (χ1v) is 12.1. The van der Waals surface area contributed by atoms with Gasteiger partial charge in [0.1, 0.15) is 5.75 Å². The monoisotopic (exact) mass is 450 g/mol. The molecule has 0 radical (unpaired) electrons. The van der Waals surface area contributed by atoms with Gasteiger partial charge >= 0.3 is 0 Å². The second-order valence-corrected chi connectivity index (χ2v) is 9.11. The molecule has 0 aromatic heterocycles. The molecular weight excluding hydrogens is 424 g/mol. The summed E-state index contributed by atoms with van der Waals surface area (Å²) in [7, 11) is 0. The van der Waals surface area contributed by atoms with E-state index >= 15 is 0 Å². The lowest BCUT2D eigenvalue weighted by Gasteiger charge is -2.21. The second-order valence-electron chi connectivity index (χ2n) is 9.11. The Bertz CT molecular complexity index is 1630. The molecule has 6 aromatic rings. The van der Waals surface area contributed by atoms with Gasteiger partial charge in [0.2, 0.25) is 0 Å². The number of fused-ring (bicyclic) bond motifs is 2. The summed E-state index contributed by atoms with van der Waals surface area (Å²) in [4.78, 5) is 0. The molecule has 6 aromatic carbocycles. The van der Waals surface area contributed by atoms with E-state index in [0.717, 1.165) is 34.7 Å². The van der Waals surface area contributed by atoms with Crippen LogP contribution in [0.2, 0.25) is 0 Å². The van der Waals surface area contributed by atoms with Crippen molar-refractivity contribution in [3.63, 3.8) is 0 Å². The molecular formula is C34H26O. The number of phenolic OH excluding ortho intramolecular Hbond substituents is 1. The highest BCUT2D eigenvalue weighted by atomic mass is 16.3. The van der Waals surface area contributed by atoms with Crippen LogP contribution in [0.4, 0.5) is 0 Å². The van der Waals surface area contributed by atoms with E-state index in [4.69, 9.17) is 0 Å². The molecule has 35 heavy (non-hydrogen) atoms. The number of hydrogen-bond acceptors (Lipinski definition) is 1. The third-order valence-electron chi connectivity index (χ3n) is 6.90. The van der Waals surface area contributed by atoms with Crippen molar-refractivity contribution >= 4 is 21.5 Å². The Balaban J connectivity index is 1.67. The molecule has 0 fully saturated rings. The molecule has 0 amide bonds. The van der Waals surface area contributed by atoms with E-state index in [-0.39, 0.29) is 0 Å². The van der Waals surface area contributed by atoms with Crippen molar-refractivity contribution in [1.29, 1.82) is 0 Å². The average Bonchev–Trinajstić information content (AvgIpc) is 2.92. The van der Waals surface area contributed by atoms with Crippen LogP contribution in [0.5, 0.6) is 5.75 Å². The Labute approximate surface area is 205 Å².